The van der Waals surface area contributed by atoms with Gasteiger partial charge >= 0.3 is 0 Å². The van der Waals surface area contributed by atoms with Crippen LogP contribution in [0.15, 0.2) is 29.6 Å². The fourth-order valence-electron chi connectivity index (χ4n) is 2.47. The summed E-state index contributed by atoms with van der Waals surface area (Å²) in [5.74, 6) is 0. The van der Waals surface area contributed by atoms with E-state index in [-0.39, 0.29) is 12.4 Å². The standard InChI is InChI=1S/C13H15NOS.ClH/c15-13(5-7-14-8-6-13)11-3-1-2-10-4-9-16-12(10)11;/h1-4,9,14-15H,5-8H2;1H. The van der Waals surface area contributed by atoms with Crippen LogP contribution in [-0.2, 0) is 5.60 Å². The molecular formula is C13H16ClNOS. The van der Waals surface area contributed by atoms with E-state index in [1.54, 1.807) is 11.3 Å². The summed E-state index contributed by atoms with van der Waals surface area (Å²) in [6.07, 6.45) is 1.62. The summed E-state index contributed by atoms with van der Waals surface area (Å²) < 4.78 is 1.24. The van der Waals surface area contributed by atoms with E-state index in [0.29, 0.717) is 0 Å². The van der Waals surface area contributed by atoms with Crippen LogP contribution >= 0.6 is 23.7 Å². The Labute approximate surface area is 111 Å². The van der Waals surface area contributed by atoms with Crippen LogP contribution in [0.1, 0.15) is 18.4 Å². The van der Waals surface area contributed by atoms with Crippen LogP contribution < -0.4 is 5.32 Å². The van der Waals surface area contributed by atoms with E-state index in [9.17, 15) is 5.11 Å². The van der Waals surface area contributed by atoms with E-state index >= 15 is 0 Å². The number of piperidine rings is 1. The maximum atomic E-state index is 10.7. The van der Waals surface area contributed by atoms with Crippen molar-refractivity contribution in [1.29, 1.82) is 0 Å². The number of thiophene rings is 1. The average molecular weight is 270 g/mol. The smallest absolute Gasteiger partial charge is 0.0934 e. The van der Waals surface area contributed by atoms with E-state index in [0.717, 1.165) is 31.5 Å². The van der Waals surface area contributed by atoms with Crippen molar-refractivity contribution in [2.24, 2.45) is 0 Å². The molecule has 1 aromatic carbocycles. The minimum Gasteiger partial charge on any atom is -0.385 e. The van der Waals surface area contributed by atoms with E-state index in [1.165, 1.54) is 10.1 Å². The fourth-order valence-corrected chi connectivity index (χ4v) is 3.48. The third-order valence-electron chi connectivity index (χ3n) is 3.41. The number of aliphatic hydroxyl groups is 1. The van der Waals surface area contributed by atoms with E-state index in [4.69, 9.17) is 0 Å². The second kappa shape index (κ2) is 4.94. The zero-order valence-electron chi connectivity index (χ0n) is 9.48. The molecule has 2 heterocycles. The molecule has 4 heteroatoms. The van der Waals surface area contributed by atoms with Gasteiger partial charge in [0, 0.05) is 10.3 Å². The lowest BCUT2D eigenvalue weighted by atomic mass is 9.85. The third-order valence-corrected chi connectivity index (χ3v) is 4.37. The van der Waals surface area contributed by atoms with E-state index in [1.807, 2.05) is 6.07 Å². The molecule has 2 nitrogen and oxygen atoms in total. The third kappa shape index (κ3) is 2.20. The molecule has 0 aliphatic carbocycles. The van der Waals surface area contributed by atoms with Crippen molar-refractivity contribution in [1.82, 2.24) is 5.32 Å². The Morgan fingerprint density at radius 2 is 1.94 bits per heavy atom. The Bertz CT molecular complexity index is 505. The molecule has 0 atom stereocenters. The Hall–Kier alpha value is -0.610. The SMILES string of the molecule is Cl.OC1(c2cccc3ccsc23)CCNCC1. The molecule has 0 amide bonds. The lowest BCUT2D eigenvalue weighted by Gasteiger charge is -2.33. The fraction of sp³-hybridized carbons (Fsp3) is 0.385. The maximum absolute atomic E-state index is 10.7. The molecule has 1 fully saturated rings. The molecule has 1 aliphatic rings. The average Bonchev–Trinajstić information content (AvgIpc) is 2.77. The van der Waals surface area contributed by atoms with E-state index in [2.05, 4.69) is 28.9 Å². The highest BCUT2D eigenvalue weighted by molar-refractivity contribution is 7.17. The maximum Gasteiger partial charge on any atom is 0.0934 e. The molecule has 3 rings (SSSR count). The predicted molar refractivity (Wildman–Crippen MR) is 75.1 cm³/mol. The quantitative estimate of drug-likeness (QED) is 0.834. The van der Waals surface area contributed by atoms with Crippen molar-refractivity contribution in [3.05, 3.63) is 35.2 Å². The zero-order chi connectivity index (χ0) is 11.0. The molecule has 0 spiro atoms. The molecule has 0 radical (unpaired) electrons. The number of hydrogen-bond acceptors (Lipinski definition) is 3. The van der Waals surface area contributed by atoms with Crippen LogP contribution in [0.3, 0.4) is 0 Å². The topological polar surface area (TPSA) is 32.3 Å². The number of nitrogens with one attached hydrogen (secondary N) is 1. The highest BCUT2D eigenvalue weighted by atomic mass is 35.5. The first-order chi connectivity index (χ1) is 7.80. The molecule has 2 aromatic rings. The minimum absolute atomic E-state index is 0. The molecule has 92 valence electrons. The summed E-state index contributed by atoms with van der Waals surface area (Å²) in [7, 11) is 0. The molecular weight excluding hydrogens is 254 g/mol. The van der Waals surface area contributed by atoms with Crippen LogP contribution in [-0.4, -0.2) is 18.2 Å². The van der Waals surface area contributed by atoms with Gasteiger partial charge in [-0.2, -0.15) is 0 Å². The predicted octanol–water partition coefficient (Wildman–Crippen LogP) is 2.89. The van der Waals surface area contributed by atoms with E-state index < -0.39 is 5.60 Å². The Morgan fingerprint density at radius 3 is 2.71 bits per heavy atom. The van der Waals surface area contributed by atoms with Gasteiger partial charge in [0.25, 0.3) is 0 Å². The van der Waals surface area contributed by atoms with Gasteiger partial charge in [0.1, 0.15) is 0 Å². The molecule has 2 N–H and O–H groups in total. The van der Waals surface area contributed by atoms with Gasteiger partial charge in [0.2, 0.25) is 0 Å². The van der Waals surface area contributed by atoms with Crippen LogP contribution in [0.2, 0.25) is 0 Å². The van der Waals surface area contributed by atoms with Crippen LogP contribution in [0.5, 0.6) is 0 Å². The van der Waals surface area contributed by atoms with Gasteiger partial charge in [-0.25, -0.2) is 0 Å². The Balaban J connectivity index is 0.00000108. The van der Waals surface area contributed by atoms with Crippen molar-refractivity contribution in [2.75, 3.05) is 13.1 Å². The van der Waals surface area contributed by atoms with Crippen molar-refractivity contribution in [2.45, 2.75) is 18.4 Å². The first-order valence-electron chi connectivity index (χ1n) is 5.69. The molecule has 0 saturated carbocycles. The molecule has 17 heavy (non-hydrogen) atoms. The normalized spacial score (nSPS) is 18.9. The Morgan fingerprint density at radius 1 is 1.18 bits per heavy atom. The number of halogens is 1. The van der Waals surface area contributed by atoms with Gasteiger partial charge in [-0.15, -0.1) is 23.7 Å². The second-order valence-corrected chi connectivity index (χ2v) is 5.34. The van der Waals surface area contributed by atoms with Gasteiger partial charge in [0.05, 0.1) is 5.60 Å². The van der Waals surface area contributed by atoms with Gasteiger partial charge in [-0.1, -0.05) is 18.2 Å². The number of benzene rings is 1. The largest absolute Gasteiger partial charge is 0.385 e. The van der Waals surface area contributed by atoms with Gasteiger partial charge in [-0.3, -0.25) is 0 Å². The summed E-state index contributed by atoms with van der Waals surface area (Å²) in [6, 6.07) is 8.35. The Kier molecular flexibility index (Phi) is 3.73. The highest BCUT2D eigenvalue weighted by Crippen LogP contribution is 2.37. The van der Waals surface area contributed by atoms with Crippen LogP contribution in [0.25, 0.3) is 10.1 Å². The van der Waals surface area contributed by atoms with Crippen LogP contribution in [0.4, 0.5) is 0 Å². The van der Waals surface area contributed by atoms with Crippen molar-refractivity contribution in [3.63, 3.8) is 0 Å². The monoisotopic (exact) mass is 269 g/mol. The number of fused-ring (bicyclic) bond motifs is 1. The first-order valence-corrected chi connectivity index (χ1v) is 6.57. The summed E-state index contributed by atoms with van der Waals surface area (Å²) in [5, 5.41) is 17.4. The lowest BCUT2D eigenvalue weighted by molar-refractivity contribution is 0.00749. The van der Waals surface area contributed by atoms with Crippen molar-refractivity contribution in [3.8, 4) is 0 Å². The van der Waals surface area contributed by atoms with Gasteiger partial charge in [0.15, 0.2) is 0 Å². The van der Waals surface area contributed by atoms with Gasteiger partial charge < -0.3 is 10.4 Å². The number of rotatable bonds is 1. The lowest BCUT2D eigenvalue weighted by Crippen LogP contribution is -2.39. The molecule has 0 unspecified atom stereocenters. The van der Waals surface area contributed by atoms with Crippen molar-refractivity contribution < 1.29 is 5.11 Å². The molecule has 1 aromatic heterocycles. The first kappa shape index (κ1) is 12.8. The van der Waals surface area contributed by atoms with Crippen LogP contribution in [0, 0.1) is 0 Å². The zero-order valence-corrected chi connectivity index (χ0v) is 11.1. The summed E-state index contributed by atoms with van der Waals surface area (Å²) in [4.78, 5) is 0. The second-order valence-electron chi connectivity index (χ2n) is 4.43. The summed E-state index contributed by atoms with van der Waals surface area (Å²) in [5.41, 5.74) is 0.483. The van der Waals surface area contributed by atoms with Gasteiger partial charge in [-0.05, 0) is 42.8 Å². The number of hydrogen-bond donors (Lipinski definition) is 2. The highest BCUT2D eigenvalue weighted by Gasteiger charge is 2.32. The van der Waals surface area contributed by atoms with Crippen molar-refractivity contribution >= 4 is 33.8 Å². The molecule has 1 aliphatic heterocycles. The molecule has 1 saturated heterocycles. The molecule has 0 bridgehead atoms. The minimum atomic E-state index is -0.629. The summed E-state index contributed by atoms with van der Waals surface area (Å²) >= 11 is 1.73. The summed E-state index contributed by atoms with van der Waals surface area (Å²) in [6.45, 7) is 1.80.